The van der Waals surface area contributed by atoms with Crippen molar-refractivity contribution in [2.45, 2.75) is 32.6 Å². The number of rotatable bonds is 3. The van der Waals surface area contributed by atoms with Crippen LogP contribution < -0.4 is 4.74 Å². The van der Waals surface area contributed by atoms with E-state index in [9.17, 15) is 9.59 Å². The van der Waals surface area contributed by atoms with E-state index in [1.165, 1.54) is 0 Å². The summed E-state index contributed by atoms with van der Waals surface area (Å²) in [7, 11) is 0. The number of ketones is 1. The molecular formula is C21H20O3. The molecule has 2 aromatic rings. The minimum Gasteiger partial charge on any atom is -0.423 e. The lowest BCUT2D eigenvalue weighted by Gasteiger charge is -2.12. The summed E-state index contributed by atoms with van der Waals surface area (Å²) in [5.74, 6) is 0.373. The third-order valence-electron chi connectivity index (χ3n) is 4.18. The zero-order chi connectivity index (χ0) is 16.9. The molecule has 0 spiro atoms. The van der Waals surface area contributed by atoms with Gasteiger partial charge < -0.3 is 4.74 Å². The van der Waals surface area contributed by atoms with E-state index in [-0.39, 0.29) is 11.8 Å². The molecule has 1 fully saturated rings. The molecule has 0 amide bonds. The van der Waals surface area contributed by atoms with Crippen LogP contribution in [0.15, 0.2) is 54.1 Å². The molecule has 0 radical (unpaired) electrons. The Morgan fingerprint density at radius 1 is 0.958 bits per heavy atom. The third kappa shape index (κ3) is 3.99. The van der Waals surface area contributed by atoms with Crippen LogP contribution in [0.25, 0.3) is 6.08 Å². The zero-order valence-corrected chi connectivity index (χ0v) is 13.7. The van der Waals surface area contributed by atoms with Gasteiger partial charge in [0, 0.05) is 6.42 Å². The molecule has 0 saturated heterocycles. The van der Waals surface area contributed by atoms with Crippen LogP contribution in [0, 0.1) is 6.92 Å². The number of aryl methyl sites for hydroxylation is 1. The van der Waals surface area contributed by atoms with Crippen LogP contribution in [-0.4, -0.2) is 11.8 Å². The molecule has 0 aliphatic heterocycles. The smallest absolute Gasteiger partial charge is 0.343 e. The van der Waals surface area contributed by atoms with Crippen LogP contribution in [-0.2, 0) is 4.79 Å². The van der Waals surface area contributed by atoms with Crippen molar-refractivity contribution in [3.8, 4) is 5.75 Å². The van der Waals surface area contributed by atoms with Crippen LogP contribution in [0.3, 0.4) is 0 Å². The van der Waals surface area contributed by atoms with E-state index < -0.39 is 0 Å². The topological polar surface area (TPSA) is 43.4 Å². The molecular weight excluding hydrogens is 300 g/mol. The van der Waals surface area contributed by atoms with E-state index in [2.05, 4.69) is 0 Å². The second kappa shape index (κ2) is 7.26. The van der Waals surface area contributed by atoms with Crippen molar-refractivity contribution in [2.24, 2.45) is 0 Å². The Bertz CT molecular complexity index is 768. The van der Waals surface area contributed by atoms with Gasteiger partial charge in [-0.05, 0) is 67.7 Å². The number of carbonyl (C=O) groups is 2. The molecule has 3 nitrogen and oxygen atoms in total. The molecule has 0 bridgehead atoms. The van der Waals surface area contributed by atoms with Crippen LogP contribution in [0.1, 0.15) is 47.2 Å². The molecule has 1 saturated carbocycles. The van der Waals surface area contributed by atoms with Gasteiger partial charge >= 0.3 is 5.97 Å². The second-order valence-electron chi connectivity index (χ2n) is 6.12. The summed E-state index contributed by atoms with van der Waals surface area (Å²) in [4.78, 5) is 23.9. The average molecular weight is 320 g/mol. The van der Waals surface area contributed by atoms with Gasteiger partial charge in [0.05, 0.1) is 5.56 Å². The highest BCUT2D eigenvalue weighted by molar-refractivity contribution is 6.00. The molecule has 0 N–H and O–H groups in total. The van der Waals surface area contributed by atoms with E-state index >= 15 is 0 Å². The molecule has 122 valence electrons. The molecule has 2 aromatic carbocycles. The number of esters is 1. The first kappa shape index (κ1) is 16.2. The predicted molar refractivity (Wildman–Crippen MR) is 94.0 cm³/mol. The number of allylic oxidation sites excluding steroid dienone is 1. The number of hydrogen-bond donors (Lipinski definition) is 0. The van der Waals surface area contributed by atoms with Crippen molar-refractivity contribution >= 4 is 17.8 Å². The van der Waals surface area contributed by atoms with E-state index in [4.69, 9.17) is 4.74 Å². The van der Waals surface area contributed by atoms with Gasteiger partial charge in [0.2, 0.25) is 0 Å². The highest BCUT2D eigenvalue weighted by Gasteiger charge is 2.14. The van der Waals surface area contributed by atoms with Crippen molar-refractivity contribution in [1.29, 1.82) is 0 Å². The first-order chi connectivity index (χ1) is 11.6. The number of benzene rings is 2. The molecule has 0 aromatic heterocycles. The molecule has 0 atom stereocenters. The Morgan fingerprint density at radius 2 is 1.62 bits per heavy atom. The molecule has 0 unspecified atom stereocenters. The molecule has 3 heteroatoms. The second-order valence-corrected chi connectivity index (χ2v) is 6.12. The summed E-state index contributed by atoms with van der Waals surface area (Å²) in [6.07, 6.45) is 5.50. The zero-order valence-electron chi connectivity index (χ0n) is 13.7. The van der Waals surface area contributed by atoms with Gasteiger partial charge in [0.15, 0.2) is 5.78 Å². The Morgan fingerprint density at radius 3 is 2.29 bits per heavy atom. The van der Waals surface area contributed by atoms with E-state index in [0.717, 1.165) is 36.0 Å². The van der Waals surface area contributed by atoms with Gasteiger partial charge in [0.25, 0.3) is 0 Å². The van der Waals surface area contributed by atoms with Gasteiger partial charge in [-0.1, -0.05) is 29.8 Å². The SMILES string of the molecule is Cc1ccc(C(=O)Oc2ccc(/C=C3/CCCCC3=O)cc2)cc1. The Labute approximate surface area is 142 Å². The maximum absolute atomic E-state index is 12.1. The summed E-state index contributed by atoms with van der Waals surface area (Å²) in [6.45, 7) is 1.97. The van der Waals surface area contributed by atoms with Crippen molar-refractivity contribution in [3.05, 3.63) is 70.8 Å². The van der Waals surface area contributed by atoms with Crippen molar-refractivity contribution < 1.29 is 14.3 Å². The molecule has 3 rings (SSSR count). The monoisotopic (exact) mass is 320 g/mol. The highest BCUT2D eigenvalue weighted by Crippen LogP contribution is 2.23. The van der Waals surface area contributed by atoms with Crippen molar-refractivity contribution in [1.82, 2.24) is 0 Å². The Balaban J connectivity index is 1.68. The Kier molecular flexibility index (Phi) is 4.90. The molecule has 0 heterocycles. The summed E-state index contributed by atoms with van der Waals surface area (Å²) in [5, 5.41) is 0. The lowest BCUT2D eigenvalue weighted by Crippen LogP contribution is -2.08. The minimum absolute atomic E-state index is 0.246. The summed E-state index contributed by atoms with van der Waals surface area (Å²) >= 11 is 0. The van der Waals surface area contributed by atoms with Crippen LogP contribution in [0.5, 0.6) is 5.75 Å². The predicted octanol–water partition coefficient (Wildman–Crippen LogP) is 4.74. The fraction of sp³-hybridized carbons (Fsp3) is 0.238. The maximum atomic E-state index is 12.1. The van der Waals surface area contributed by atoms with E-state index in [0.29, 0.717) is 17.7 Å². The fourth-order valence-corrected chi connectivity index (χ4v) is 2.74. The first-order valence-corrected chi connectivity index (χ1v) is 8.24. The van der Waals surface area contributed by atoms with Crippen LogP contribution in [0.2, 0.25) is 0 Å². The minimum atomic E-state index is -0.372. The number of Topliss-reactive ketones (excluding diaryl/α,β-unsaturated/α-hetero) is 1. The van der Waals surface area contributed by atoms with Crippen molar-refractivity contribution in [2.75, 3.05) is 0 Å². The summed E-state index contributed by atoms with van der Waals surface area (Å²) in [6, 6.07) is 14.5. The van der Waals surface area contributed by atoms with E-state index in [1.54, 1.807) is 24.3 Å². The maximum Gasteiger partial charge on any atom is 0.343 e. The van der Waals surface area contributed by atoms with Gasteiger partial charge in [-0.3, -0.25) is 4.79 Å². The fourth-order valence-electron chi connectivity index (χ4n) is 2.74. The molecule has 24 heavy (non-hydrogen) atoms. The molecule has 1 aliphatic carbocycles. The highest BCUT2D eigenvalue weighted by atomic mass is 16.5. The van der Waals surface area contributed by atoms with Gasteiger partial charge in [0.1, 0.15) is 5.75 Å². The third-order valence-corrected chi connectivity index (χ3v) is 4.18. The number of ether oxygens (including phenoxy) is 1. The number of hydrogen-bond acceptors (Lipinski definition) is 3. The van der Waals surface area contributed by atoms with Gasteiger partial charge in [-0.25, -0.2) is 4.79 Å². The lowest BCUT2D eigenvalue weighted by molar-refractivity contribution is -0.116. The van der Waals surface area contributed by atoms with Gasteiger partial charge in [-0.15, -0.1) is 0 Å². The van der Waals surface area contributed by atoms with Gasteiger partial charge in [-0.2, -0.15) is 0 Å². The normalized spacial score (nSPS) is 16.2. The first-order valence-electron chi connectivity index (χ1n) is 8.24. The van der Waals surface area contributed by atoms with Crippen LogP contribution >= 0.6 is 0 Å². The summed E-state index contributed by atoms with van der Waals surface area (Å²) < 4.78 is 5.38. The van der Waals surface area contributed by atoms with Crippen LogP contribution in [0.4, 0.5) is 0 Å². The Hall–Kier alpha value is -2.68. The standard InChI is InChI=1S/C21H20O3/c1-15-6-10-17(11-7-15)21(23)24-19-12-8-16(9-13-19)14-18-4-2-3-5-20(18)22/h6-14H,2-5H2,1H3/b18-14-. The van der Waals surface area contributed by atoms with E-state index in [1.807, 2.05) is 37.3 Å². The lowest BCUT2D eigenvalue weighted by atomic mass is 9.92. The van der Waals surface area contributed by atoms with Crippen molar-refractivity contribution in [3.63, 3.8) is 0 Å². The number of carbonyl (C=O) groups excluding carboxylic acids is 2. The summed E-state index contributed by atoms with van der Waals surface area (Å²) in [5.41, 5.74) is 3.47. The quantitative estimate of drug-likeness (QED) is 0.466. The largest absolute Gasteiger partial charge is 0.423 e. The molecule has 1 aliphatic rings. The average Bonchev–Trinajstić information content (AvgIpc) is 2.59.